The minimum absolute atomic E-state index is 0.149. The van der Waals surface area contributed by atoms with Gasteiger partial charge in [-0.2, -0.15) is 0 Å². The lowest BCUT2D eigenvalue weighted by Crippen LogP contribution is -2.08. The van der Waals surface area contributed by atoms with Crippen molar-refractivity contribution in [3.63, 3.8) is 0 Å². The largest absolute Gasteiger partial charge is 0.496 e. The number of fused-ring (bicyclic) bond motifs is 1. The number of methoxy groups -OCH3 is 1. The summed E-state index contributed by atoms with van der Waals surface area (Å²) in [6.07, 6.45) is 4.22. The van der Waals surface area contributed by atoms with Gasteiger partial charge in [-0.15, -0.1) is 0 Å². The van der Waals surface area contributed by atoms with Crippen molar-refractivity contribution in [1.29, 1.82) is 0 Å². The Morgan fingerprint density at radius 1 is 1.31 bits per heavy atom. The van der Waals surface area contributed by atoms with E-state index < -0.39 is 10.8 Å². The standard InChI is InChI=1S/C25H23N3O6S/c1-5-33-23-15(3)24-18(19(13-34-24)16-8-6-7-9-20(16)32-4)11-17(23)14(2)10-21(29)27-25-26-12-22(35-25)28(30)31/h6-13H,5H2,1-4H3,(H,26,27,29)/b14-10+. The minimum atomic E-state index is -0.551. The maximum Gasteiger partial charge on any atom is 0.345 e. The van der Waals surface area contributed by atoms with Crippen LogP contribution in [-0.4, -0.2) is 29.5 Å². The number of amides is 1. The predicted octanol–water partition coefficient (Wildman–Crippen LogP) is 6.22. The molecular weight excluding hydrogens is 470 g/mol. The van der Waals surface area contributed by atoms with Gasteiger partial charge in [0, 0.05) is 33.7 Å². The van der Waals surface area contributed by atoms with E-state index in [0.29, 0.717) is 29.3 Å². The second-order valence-electron chi connectivity index (χ2n) is 7.61. The summed E-state index contributed by atoms with van der Waals surface area (Å²) in [7, 11) is 1.62. The molecule has 0 saturated carbocycles. The Labute approximate surface area is 205 Å². The number of aromatic nitrogens is 1. The molecule has 10 heteroatoms. The highest BCUT2D eigenvalue weighted by atomic mass is 32.1. The number of anilines is 1. The Bertz CT molecular complexity index is 1450. The number of carbonyl (C=O) groups is 1. The lowest BCUT2D eigenvalue weighted by atomic mass is 9.96. The van der Waals surface area contributed by atoms with Crippen LogP contribution in [-0.2, 0) is 4.79 Å². The first-order chi connectivity index (χ1) is 16.8. The van der Waals surface area contributed by atoms with Crippen LogP contribution < -0.4 is 14.8 Å². The molecule has 0 saturated heterocycles. The Morgan fingerprint density at radius 2 is 2.09 bits per heavy atom. The summed E-state index contributed by atoms with van der Waals surface area (Å²) in [5.74, 6) is 0.879. The summed E-state index contributed by atoms with van der Waals surface area (Å²) in [5, 5.41) is 14.3. The van der Waals surface area contributed by atoms with Crippen molar-refractivity contribution in [3.8, 4) is 22.6 Å². The van der Waals surface area contributed by atoms with Crippen LogP contribution in [0.1, 0.15) is 25.0 Å². The zero-order valence-electron chi connectivity index (χ0n) is 19.6. The third-order valence-corrected chi connectivity index (χ3v) is 6.27. The molecule has 2 aromatic heterocycles. The number of nitrogens with one attached hydrogen (secondary N) is 1. The van der Waals surface area contributed by atoms with Gasteiger partial charge < -0.3 is 13.9 Å². The quantitative estimate of drug-likeness (QED) is 0.176. The highest BCUT2D eigenvalue weighted by molar-refractivity contribution is 7.18. The number of carbonyl (C=O) groups excluding carboxylic acids is 1. The van der Waals surface area contributed by atoms with E-state index in [2.05, 4.69) is 10.3 Å². The van der Waals surface area contributed by atoms with Crippen molar-refractivity contribution in [1.82, 2.24) is 4.98 Å². The summed E-state index contributed by atoms with van der Waals surface area (Å²) in [4.78, 5) is 26.8. The van der Waals surface area contributed by atoms with E-state index in [-0.39, 0.29) is 10.1 Å². The number of aryl methyl sites for hydroxylation is 1. The molecule has 0 aliphatic carbocycles. The summed E-state index contributed by atoms with van der Waals surface area (Å²) in [6.45, 7) is 6.03. The number of ether oxygens (including phenoxy) is 2. The molecule has 35 heavy (non-hydrogen) atoms. The smallest absolute Gasteiger partial charge is 0.345 e. The highest BCUT2D eigenvalue weighted by Gasteiger charge is 2.21. The van der Waals surface area contributed by atoms with Crippen LogP contribution in [0.3, 0.4) is 0 Å². The summed E-state index contributed by atoms with van der Waals surface area (Å²) < 4.78 is 17.4. The number of rotatable bonds is 8. The average molecular weight is 494 g/mol. The van der Waals surface area contributed by atoms with Crippen molar-refractivity contribution in [2.75, 3.05) is 19.0 Å². The molecule has 0 radical (unpaired) electrons. The molecule has 180 valence electrons. The summed E-state index contributed by atoms with van der Waals surface area (Å²) in [5.41, 5.74) is 4.61. The van der Waals surface area contributed by atoms with Crippen LogP contribution in [0.25, 0.3) is 27.7 Å². The number of para-hydroxylation sites is 1. The monoisotopic (exact) mass is 493 g/mol. The lowest BCUT2D eigenvalue weighted by molar-refractivity contribution is -0.380. The number of benzene rings is 2. The third kappa shape index (κ3) is 4.73. The fourth-order valence-corrected chi connectivity index (χ4v) is 4.47. The molecule has 0 unspecified atom stereocenters. The van der Waals surface area contributed by atoms with Gasteiger partial charge >= 0.3 is 5.00 Å². The first kappa shape index (κ1) is 24.0. The molecule has 0 aliphatic heterocycles. The Hall–Kier alpha value is -4.18. The minimum Gasteiger partial charge on any atom is -0.496 e. The fraction of sp³-hybridized carbons (Fsp3) is 0.200. The molecule has 4 rings (SSSR count). The first-order valence-corrected chi connectivity index (χ1v) is 11.6. The maximum atomic E-state index is 12.6. The van der Waals surface area contributed by atoms with E-state index in [4.69, 9.17) is 13.9 Å². The molecule has 0 spiro atoms. The van der Waals surface area contributed by atoms with Gasteiger partial charge in [-0.05, 0) is 49.8 Å². The molecule has 0 bridgehead atoms. The molecule has 0 fully saturated rings. The summed E-state index contributed by atoms with van der Waals surface area (Å²) >= 11 is 0.792. The third-order valence-electron chi connectivity index (χ3n) is 5.41. The number of nitro groups is 1. The van der Waals surface area contributed by atoms with Gasteiger partial charge in [0.1, 0.15) is 23.3 Å². The molecule has 2 heterocycles. The van der Waals surface area contributed by atoms with Crippen molar-refractivity contribution in [2.24, 2.45) is 0 Å². The molecule has 2 aromatic carbocycles. The molecule has 1 amide bonds. The SMILES string of the molecule is CCOc1c(/C(C)=C/C(=O)Nc2ncc([N+](=O)[O-])s2)cc2c(-c3ccccc3OC)coc2c1C. The van der Waals surface area contributed by atoms with Gasteiger partial charge in [0.05, 0.1) is 24.9 Å². The fourth-order valence-electron chi connectivity index (χ4n) is 3.84. The van der Waals surface area contributed by atoms with Crippen LogP contribution in [0.2, 0.25) is 0 Å². The molecule has 0 aliphatic rings. The van der Waals surface area contributed by atoms with E-state index in [9.17, 15) is 14.9 Å². The topological polar surface area (TPSA) is 117 Å². The van der Waals surface area contributed by atoms with Gasteiger partial charge in [0.25, 0.3) is 0 Å². The van der Waals surface area contributed by atoms with Gasteiger partial charge in [0.2, 0.25) is 5.91 Å². The molecule has 1 N–H and O–H groups in total. The normalized spacial score (nSPS) is 11.5. The van der Waals surface area contributed by atoms with Crippen LogP contribution in [0.5, 0.6) is 11.5 Å². The predicted molar refractivity (Wildman–Crippen MR) is 135 cm³/mol. The van der Waals surface area contributed by atoms with Gasteiger partial charge in [-0.1, -0.05) is 18.2 Å². The van der Waals surface area contributed by atoms with Crippen LogP contribution in [0.4, 0.5) is 10.1 Å². The molecule has 0 atom stereocenters. The number of furan rings is 1. The zero-order valence-corrected chi connectivity index (χ0v) is 20.4. The van der Waals surface area contributed by atoms with Crippen molar-refractivity contribution in [2.45, 2.75) is 20.8 Å². The van der Waals surface area contributed by atoms with Gasteiger partial charge in [-0.3, -0.25) is 20.2 Å². The van der Waals surface area contributed by atoms with Crippen LogP contribution in [0.15, 0.2) is 53.3 Å². The summed E-state index contributed by atoms with van der Waals surface area (Å²) in [6, 6.07) is 9.60. The van der Waals surface area contributed by atoms with E-state index in [0.717, 1.165) is 45.2 Å². The average Bonchev–Trinajstić information content (AvgIpc) is 3.48. The van der Waals surface area contributed by atoms with Crippen molar-refractivity contribution < 1.29 is 23.6 Å². The van der Waals surface area contributed by atoms with Crippen LogP contribution in [0, 0.1) is 17.0 Å². The molecule has 4 aromatic rings. The Kier molecular flexibility index (Phi) is 6.83. The van der Waals surface area contributed by atoms with E-state index in [1.807, 2.05) is 44.2 Å². The maximum absolute atomic E-state index is 12.6. The lowest BCUT2D eigenvalue weighted by Gasteiger charge is -2.15. The van der Waals surface area contributed by atoms with Gasteiger partial charge in [-0.25, -0.2) is 4.98 Å². The highest BCUT2D eigenvalue weighted by Crippen LogP contribution is 2.42. The van der Waals surface area contributed by atoms with Crippen molar-refractivity contribution >= 4 is 43.9 Å². The van der Waals surface area contributed by atoms with Crippen LogP contribution >= 0.6 is 11.3 Å². The van der Waals surface area contributed by atoms with Crippen molar-refractivity contribution in [3.05, 3.63) is 70.1 Å². The first-order valence-electron chi connectivity index (χ1n) is 10.7. The van der Waals surface area contributed by atoms with E-state index in [1.165, 1.54) is 6.08 Å². The van der Waals surface area contributed by atoms with E-state index in [1.54, 1.807) is 20.3 Å². The van der Waals surface area contributed by atoms with Gasteiger partial charge in [0.15, 0.2) is 5.13 Å². The Balaban J connectivity index is 1.77. The second-order valence-corrected chi connectivity index (χ2v) is 8.62. The molecule has 9 nitrogen and oxygen atoms in total. The number of thiazole rings is 1. The number of hydrogen-bond donors (Lipinski definition) is 1. The second kappa shape index (κ2) is 9.98. The number of nitrogens with zero attached hydrogens (tertiary/aromatic N) is 2. The molecular formula is C25H23N3O6S. The zero-order chi connectivity index (χ0) is 25.1. The number of hydrogen-bond acceptors (Lipinski definition) is 8. The van der Waals surface area contributed by atoms with E-state index >= 15 is 0 Å². The number of allylic oxidation sites excluding steroid dienone is 1. The Morgan fingerprint density at radius 3 is 2.77 bits per heavy atom.